The molecule has 2 amide bonds. The Morgan fingerprint density at radius 3 is 2.53 bits per heavy atom. The van der Waals surface area contributed by atoms with Crippen molar-refractivity contribution in [2.45, 2.75) is 26.3 Å². The lowest BCUT2D eigenvalue weighted by atomic mass is 9.95. The van der Waals surface area contributed by atoms with Gasteiger partial charge in [0.15, 0.2) is 0 Å². The lowest BCUT2D eigenvalue weighted by Gasteiger charge is -2.32. The largest absolute Gasteiger partial charge is 0.497 e. The summed E-state index contributed by atoms with van der Waals surface area (Å²) in [6.45, 7) is 4.40. The number of piperidine rings is 1. The van der Waals surface area contributed by atoms with Crippen LogP contribution in [-0.4, -0.2) is 43.6 Å². The number of pyridine rings is 1. The highest BCUT2D eigenvalue weighted by Crippen LogP contribution is 2.24. The van der Waals surface area contributed by atoms with Crippen LogP contribution in [0.1, 0.15) is 35.7 Å². The van der Waals surface area contributed by atoms with E-state index in [4.69, 9.17) is 9.47 Å². The maximum atomic E-state index is 12.8. The third-order valence-electron chi connectivity index (χ3n) is 6.22. The zero-order chi connectivity index (χ0) is 25.3. The molecule has 0 atom stereocenters. The minimum atomic E-state index is -0.199. The third-order valence-corrected chi connectivity index (χ3v) is 6.22. The Morgan fingerprint density at radius 1 is 1.03 bits per heavy atom. The number of aromatic nitrogens is 1. The van der Waals surface area contributed by atoms with E-state index in [0.29, 0.717) is 37.5 Å². The van der Waals surface area contributed by atoms with E-state index < -0.39 is 0 Å². The number of methoxy groups -OCH3 is 1. The number of hydrogen-bond acceptors (Lipinski definition) is 6. The highest BCUT2D eigenvalue weighted by Gasteiger charge is 2.26. The van der Waals surface area contributed by atoms with Gasteiger partial charge < -0.3 is 25.0 Å². The van der Waals surface area contributed by atoms with Crippen LogP contribution in [0.25, 0.3) is 0 Å². The molecule has 2 N–H and O–H groups in total. The number of nitrogens with zero attached hydrogens (tertiary/aromatic N) is 2. The molecule has 2 heterocycles. The van der Waals surface area contributed by atoms with Gasteiger partial charge in [0, 0.05) is 43.0 Å². The predicted octanol–water partition coefficient (Wildman–Crippen LogP) is 4.27. The molecule has 36 heavy (non-hydrogen) atoms. The SMILES string of the molecule is CCOc1ccc(NC(=O)c2ccnc(N3CCC(C(=O)NCc4cccc(OC)c4)CC3)c2)cc1. The third kappa shape index (κ3) is 6.53. The van der Waals surface area contributed by atoms with E-state index in [-0.39, 0.29) is 17.7 Å². The molecule has 0 unspecified atom stereocenters. The second-order valence-electron chi connectivity index (χ2n) is 8.64. The van der Waals surface area contributed by atoms with Crippen LogP contribution in [0.2, 0.25) is 0 Å². The highest BCUT2D eigenvalue weighted by molar-refractivity contribution is 6.04. The average Bonchev–Trinajstić information content (AvgIpc) is 2.93. The monoisotopic (exact) mass is 488 g/mol. The smallest absolute Gasteiger partial charge is 0.255 e. The van der Waals surface area contributed by atoms with Crippen molar-refractivity contribution >= 4 is 23.3 Å². The predicted molar refractivity (Wildman–Crippen MR) is 140 cm³/mol. The molecule has 2 aromatic carbocycles. The van der Waals surface area contributed by atoms with Gasteiger partial charge in [-0.15, -0.1) is 0 Å². The van der Waals surface area contributed by atoms with Gasteiger partial charge in [0.2, 0.25) is 5.91 Å². The van der Waals surface area contributed by atoms with Gasteiger partial charge in [-0.1, -0.05) is 12.1 Å². The fraction of sp³-hybridized carbons (Fsp3) is 0.321. The number of carbonyl (C=O) groups is 2. The van der Waals surface area contributed by atoms with E-state index in [1.54, 1.807) is 25.4 Å². The Labute approximate surface area is 211 Å². The van der Waals surface area contributed by atoms with E-state index in [1.807, 2.05) is 55.5 Å². The van der Waals surface area contributed by atoms with Crippen LogP contribution in [0.3, 0.4) is 0 Å². The first-order valence-electron chi connectivity index (χ1n) is 12.2. The number of benzene rings is 2. The summed E-state index contributed by atoms with van der Waals surface area (Å²) in [6, 6.07) is 18.5. The van der Waals surface area contributed by atoms with Gasteiger partial charge in [-0.25, -0.2) is 4.98 Å². The van der Waals surface area contributed by atoms with Crippen LogP contribution in [0.4, 0.5) is 11.5 Å². The van der Waals surface area contributed by atoms with Gasteiger partial charge in [-0.3, -0.25) is 9.59 Å². The van der Waals surface area contributed by atoms with Gasteiger partial charge in [0.05, 0.1) is 13.7 Å². The Balaban J connectivity index is 1.29. The van der Waals surface area contributed by atoms with Crippen LogP contribution in [0, 0.1) is 5.92 Å². The number of ether oxygens (including phenoxy) is 2. The lowest BCUT2D eigenvalue weighted by molar-refractivity contribution is -0.125. The molecule has 0 saturated carbocycles. The average molecular weight is 489 g/mol. The molecule has 0 aliphatic carbocycles. The van der Waals surface area contributed by atoms with Crippen LogP contribution in [0.15, 0.2) is 66.9 Å². The molecule has 1 aliphatic heterocycles. The number of amides is 2. The summed E-state index contributed by atoms with van der Waals surface area (Å²) in [5.74, 6) is 2.10. The maximum Gasteiger partial charge on any atom is 0.255 e. The molecule has 1 saturated heterocycles. The van der Waals surface area contributed by atoms with E-state index in [1.165, 1.54) is 0 Å². The normalized spacial score (nSPS) is 13.7. The zero-order valence-electron chi connectivity index (χ0n) is 20.7. The fourth-order valence-electron chi connectivity index (χ4n) is 4.22. The molecule has 1 aliphatic rings. The second kappa shape index (κ2) is 12.1. The van der Waals surface area contributed by atoms with Crippen LogP contribution < -0.4 is 25.0 Å². The summed E-state index contributed by atoms with van der Waals surface area (Å²) in [6.07, 6.45) is 3.11. The summed E-state index contributed by atoms with van der Waals surface area (Å²) in [4.78, 5) is 32.1. The van der Waals surface area contributed by atoms with E-state index >= 15 is 0 Å². The molecule has 8 nitrogen and oxygen atoms in total. The summed E-state index contributed by atoms with van der Waals surface area (Å²) < 4.78 is 10.7. The van der Waals surface area contributed by atoms with Crippen molar-refractivity contribution in [2.75, 3.05) is 37.0 Å². The van der Waals surface area contributed by atoms with Crippen molar-refractivity contribution in [1.82, 2.24) is 10.3 Å². The van der Waals surface area contributed by atoms with Crippen LogP contribution in [0.5, 0.6) is 11.5 Å². The molecule has 0 radical (unpaired) electrons. The number of rotatable bonds is 9. The first-order chi connectivity index (χ1) is 17.6. The zero-order valence-corrected chi connectivity index (χ0v) is 20.7. The van der Waals surface area contributed by atoms with Crippen molar-refractivity contribution < 1.29 is 19.1 Å². The van der Waals surface area contributed by atoms with Crippen molar-refractivity contribution in [2.24, 2.45) is 5.92 Å². The minimum absolute atomic E-state index is 0.0435. The Kier molecular flexibility index (Phi) is 8.39. The number of hydrogen-bond donors (Lipinski definition) is 2. The maximum absolute atomic E-state index is 12.8. The van der Waals surface area contributed by atoms with Gasteiger partial charge in [-0.2, -0.15) is 0 Å². The van der Waals surface area contributed by atoms with Gasteiger partial charge in [-0.05, 0) is 73.9 Å². The van der Waals surface area contributed by atoms with Crippen molar-refractivity contribution in [3.63, 3.8) is 0 Å². The number of anilines is 2. The van der Waals surface area contributed by atoms with Gasteiger partial charge >= 0.3 is 0 Å². The van der Waals surface area contributed by atoms with E-state index in [0.717, 1.165) is 35.7 Å². The van der Waals surface area contributed by atoms with Crippen LogP contribution >= 0.6 is 0 Å². The molecule has 1 aromatic heterocycles. The molecule has 188 valence electrons. The quantitative estimate of drug-likeness (QED) is 0.467. The highest BCUT2D eigenvalue weighted by atomic mass is 16.5. The molecular weight excluding hydrogens is 456 g/mol. The molecule has 0 spiro atoms. The number of carbonyl (C=O) groups excluding carboxylic acids is 2. The second-order valence-corrected chi connectivity index (χ2v) is 8.64. The van der Waals surface area contributed by atoms with Gasteiger partial charge in [0.1, 0.15) is 17.3 Å². The lowest BCUT2D eigenvalue weighted by Crippen LogP contribution is -2.40. The summed E-state index contributed by atoms with van der Waals surface area (Å²) in [5, 5.41) is 5.96. The van der Waals surface area contributed by atoms with E-state index in [9.17, 15) is 9.59 Å². The molecule has 3 aromatic rings. The van der Waals surface area contributed by atoms with Crippen LogP contribution in [-0.2, 0) is 11.3 Å². The summed E-state index contributed by atoms with van der Waals surface area (Å²) >= 11 is 0. The Hall–Kier alpha value is -4.07. The topological polar surface area (TPSA) is 92.8 Å². The fourth-order valence-corrected chi connectivity index (χ4v) is 4.22. The van der Waals surface area contributed by atoms with Gasteiger partial charge in [0.25, 0.3) is 5.91 Å². The molecular formula is C28H32N4O4. The Bertz CT molecular complexity index is 1170. The molecule has 0 bridgehead atoms. The minimum Gasteiger partial charge on any atom is -0.497 e. The Morgan fingerprint density at radius 2 is 1.81 bits per heavy atom. The first-order valence-corrected chi connectivity index (χ1v) is 12.2. The van der Waals surface area contributed by atoms with E-state index in [2.05, 4.69) is 20.5 Å². The molecule has 1 fully saturated rings. The molecule has 4 rings (SSSR count). The first kappa shape index (κ1) is 25.0. The van der Waals surface area contributed by atoms with Crippen molar-refractivity contribution in [3.8, 4) is 11.5 Å². The summed E-state index contributed by atoms with van der Waals surface area (Å²) in [5.41, 5.74) is 2.24. The molecule has 8 heteroatoms. The van der Waals surface area contributed by atoms with Crippen molar-refractivity contribution in [3.05, 3.63) is 78.0 Å². The standard InChI is InChI=1S/C28H32N4O4/c1-3-36-24-9-7-23(8-10-24)31-28(34)22-11-14-29-26(18-22)32-15-12-21(13-16-32)27(33)30-19-20-5-4-6-25(17-20)35-2/h4-11,14,17-18,21H,3,12-13,15-16,19H2,1-2H3,(H,30,33)(H,31,34). The van der Waals surface area contributed by atoms with Crippen molar-refractivity contribution in [1.29, 1.82) is 0 Å². The summed E-state index contributed by atoms with van der Waals surface area (Å²) in [7, 11) is 1.63. The number of nitrogens with one attached hydrogen (secondary N) is 2.